The van der Waals surface area contributed by atoms with Crippen LogP contribution in [0.4, 0.5) is 0 Å². The van der Waals surface area contributed by atoms with E-state index >= 15 is 0 Å². The number of hydrogen-bond donors (Lipinski definition) is 2. The lowest BCUT2D eigenvalue weighted by atomic mass is 10.0. The molecule has 0 amide bonds. The van der Waals surface area contributed by atoms with E-state index in [1.165, 1.54) is 0 Å². The van der Waals surface area contributed by atoms with Gasteiger partial charge in [-0.3, -0.25) is 0 Å². The zero-order valence-corrected chi connectivity index (χ0v) is 10.3. The summed E-state index contributed by atoms with van der Waals surface area (Å²) in [5.41, 5.74) is 0.510. The number of alkyl halides is 2. The summed E-state index contributed by atoms with van der Waals surface area (Å²) in [5.74, 6) is -1.39. The monoisotopic (exact) mass is 282 g/mol. The summed E-state index contributed by atoms with van der Waals surface area (Å²) >= 11 is 16.7. The molecule has 1 atom stereocenters. The average Bonchev–Trinajstić information content (AvgIpc) is 2.17. The van der Waals surface area contributed by atoms with Crippen LogP contribution in [0.25, 0.3) is 0 Å². The van der Waals surface area contributed by atoms with Gasteiger partial charge < -0.3 is 10.2 Å². The summed E-state index contributed by atoms with van der Waals surface area (Å²) < 4.78 is -2.00. The first kappa shape index (κ1) is 13.6. The highest BCUT2D eigenvalue weighted by Gasteiger charge is 2.36. The highest BCUT2D eigenvalue weighted by atomic mass is 35.5. The third-order valence-electron chi connectivity index (χ3n) is 2.02. The molecule has 88 valence electrons. The third kappa shape index (κ3) is 3.52. The van der Waals surface area contributed by atoms with Gasteiger partial charge in [0.2, 0.25) is 4.33 Å². The number of halogens is 3. The van der Waals surface area contributed by atoms with Gasteiger partial charge >= 0.3 is 5.97 Å². The SMILES string of the molecule is O=C(O)C(Cl)(Cl)CC(O)c1ccc(Cl)cc1. The molecule has 0 radical (unpaired) electrons. The molecule has 1 aromatic rings. The summed E-state index contributed by atoms with van der Waals surface area (Å²) in [5, 5.41) is 18.9. The van der Waals surface area contributed by atoms with E-state index in [-0.39, 0.29) is 6.42 Å². The zero-order chi connectivity index (χ0) is 12.3. The van der Waals surface area contributed by atoms with Crippen LogP contribution in [0, 0.1) is 0 Å². The lowest BCUT2D eigenvalue weighted by Crippen LogP contribution is -2.27. The second-order valence-electron chi connectivity index (χ2n) is 3.28. The Hall–Kier alpha value is -0.480. The number of hydrogen-bond acceptors (Lipinski definition) is 2. The van der Waals surface area contributed by atoms with E-state index in [1.807, 2.05) is 0 Å². The Kier molecular flexibility index (Phi) is 4.44. The van der Waals surface area contributed by atoms with Gasteiger partial charge in [0, 0.05) is 11.4 Å². The van der Waals surface area contributed by atoms with Crippen LogP contribution in [0.3, 0.4) is 0 Å². The van der Waals surface area contributed by atoms with Crippen molar-refractivity contribution < 1.29 is 15.0 Å². The van der Waals surface area contributed by atoms with Crippen LogP contribution in [0.5, 0.6) is 0 Å². The van der Waals surface area contributed by atoms with E-state index in [9.17, 15) is 9.90 Å². The number of aliphatic carboxylic acids is 1. The average molecular weight is 284 g/mol. The lowest BCUT2D eigenvalue weighted by molar-refractivity contribution is -0.138. The minimum atomic E-state index is -2.00. The number of carbonyl (C=O) groups is 1. The van der Waals surface area contributed by atoms with Gasteiger partial charge in [0.25, 0.3) is 0 Å². The number of carboxylic acid groups (broad SMARTS) is 1. The minimum absolute atomic E-state index is 0.299. The first-order valence-corrected chi connectivity index (χ1v) is 5.51. The minimum Gasteiger partial charge on any atom is -0.479 e. The van der Waals surface area contributed by atoms with Crippen molar-refractivity contribution >= 4 is 40.8 Å². The molecule has 6 heteroatoms. The molecule has 16 heavy (non-hydrogen) atoms. The predicted molar refractivity (Wildman–Crippen MR) is 63.1 cm³/mol. The number of aliphatic hydroxyl groups excluding tert-OH is 1. The molecule has 1 rings (SSSR count). The molecule has 2 N–H and O–H groups in total. The maximum absolute atomic E-state index is 10.6. The van der Waals surface area contributed by atoms with Gasteiger partial charge in [0.1, 0.15) is 0 Å². The number of rotatable bonds is 4. The van der Waals surface area contributed by atoms with Crippen molar-refractivity contribution in [2.45, 2.75) is 16.9 Å². The molecule has 0 saturated heterocycles. The van der Waals surface area contributed by atoms with Gasteiger partial charge in [-0.15, -0.1) is 0 Å². The zero-order valence-electron chi connectivity index (χ0n) is 8.03. The second kappa shape index (κ2) is 5.23. The molecule has 0 aliphatic carbocycles. The fourth-order valence-electron chi connectivity index (χ4n) is 1.13. The van der Waals surface area contributed by atoms with E-state index in [0.29, 0.717) is 10.6 Å². The van der Waals surface area contributed by atoms with Gasteiger partial charge in [-0.1, -0.05) is 46.9 Å². The third-order valence-corrected chi connectivity index (χ3v) is 2.90. The fraction of sp³-hybridized carbons (Fsp3) is 0.300. The van der Waals surface area contributed by atoms with E-state index in [2.05, 4.69) is 0 Å². The highest BCUT2D eigenvalue weighted by molar-refractivity contribution is 6.57. The first-order chi connectivity index (χ1) is 7.33. The summed E-state index contributed by atoms with van der Waals surface area (Å²) in [6.07, 6.45) is -1.35. The molecule has 0 heterocycles. The summed E-state index contributed by atoms with van der Waals surface area (Å²) in [6.45, 7) is 0. The molecule has 1 aromatic carbocycles. The van der Waals surface area contributed by atoms with Crippen LogP contribution in [-0.2, 0) is 4.79 Å². The molecule has 0 aliphatic heterocycles. The molecular weight excluding hydrogens is 274 g/mol. The van der Waals surface area contributed by atoms with Crippen molar-refractivity contribution in [1.82, 2.24) is 0 Å². The van der Waals surface area contributed by atoms with Crippen molar-refractivity contribution in [1.29, 1.82) is 0 Å². The van der Waals surface area contributed by atoms with E-state index in [0.717, 1.165) is 0 Å². The largest absolute Gasteiger partial charge is 0.479 e. The van der Waals surface area contributed by atoms with Gasteiger partial charge in [0.05, 0.1) is 6.10 Å². The van der Waals surface area contributed by atoms with Gasteiger partial charge in [0.15, 0.2) is 0 Å². The van der Waals surface area contributed by atoms with Crippen LogP contribution in [0.2, 0.25) is 5.02 Å². The van der Waals surface area contributed by atoms with E-state index < -0.39 is 16.4 Å². The normalized spacial score (nSPS) is 13.5. The van der Waals surface area contributed by atoms with Gasteiger partial charge in [-0.2, -0.15) is 0 Å². The Labute approximate surface area is 108 Å². The molecule has 0 spiro atoms. The Morgan fingerprint density at radius 3 is 2.25 bits per heavy atom. The maximum Gasteiger partial charge on any atom is 0.340 e. The Morgan fingerprint density at radius 2 is 1.81 bits per heavy atom. The van der Waals surface area contributed by atoms with Crippen molar-refractivity contribution in [3.8, 4) is 0 Å². The quantitative estimate of drug-likeness (QED) is 0.835. The van der Waals surface area contributed by atoms with Crippen molar-refractivity contribution in [3.63, 3.8) is 0 Å². The molecule has 0 saturated carbocycles. The van der Waals surface area contributed by atoms with E-state index in [1.54, 1.807) is 24.3 Å². The van der Waals surface area contributed by atoms with Crippen LogP contribution in [0.1, 0.15) is 18.1 Å². The maximum atomic E-state index is 10.6. The number of benzene rings is 1. The van der Waals surface area contributed by atoms with Crippen LogP contribution < -0.4 is 0 Å². The summed E-state index contributed by atoms with van der Waals surface area (Å²) in [6, 6.07) is 6.34. The van der Waals surface area contributed by atoms with Gasteiger partial charge in [-0.05, 0) is 17.7 Å². The smallest absolute Gasteiger partial charge is 0.340 e. The predicted octanol–water partition coefficient (Wildman–Crippen LogP) is 3.02. The van der Waals surface area contributed by atoms with Crippen molar-refractivity contribution in [3.05, 3.63) is 34.9 Å². The standard InChI is InChI=1S/C10H9Cl3O3/c11-7-3-1-6(2-4-7)8(14)5-10(12,13)9(15)16/h1-4,8,14H,5H2,(H,15,16). The molecule has 3 nitrogen and oxygen atoms in total. The van der Waals surface area contributed by atoms with E-state index in [4.69, 9.17) is 39.9 Å². The summed E-state index contributed by atoms with van der Waals surface area (Å²) in [4.78, 5) is 10.6. The first-order valence-electron chi connectivity index (χ1n) is 4.37. The summed E-state index contributed by atoms with van der Waals surface area (Å²) in [7, 11) is 0. The number of carboxylic acids is 1. The molecule has 0 fully saturated rings. The topological polar surface area (TPSA) is 57.5 Å². The Morgan fingerprint density at radius 1 is 1.31 bits per heavy atom. The molecule has 0 aliphatic rings. The molecular formula is C10H9Cl3O3. The van der Waals surface area contributed by atoms with Gasteiger partial charge in [-0.25, -0.2) is 4.79 Å². The van der Waals surface area contributed by atoms with Crippen LogP contribution in [-0.4, -0.2) is 20.5 Å². The number of aliphatic hydroxyl groups is 1. The molecule has 0 bridgehead atoms. The lowest BCUT2D eigenvalue weighted by Gasteiger charge is -2.18. The van der Waals surface area contributed by atoms with Crippen molar-refractivity contribution in [2.75, 3.05) is 0 Å². The highest BCUT2D eigenvalue weighted by Crippen LogP contribution is 2.33. The fourth-order valence-corrected chi connectivity index (χ4v) is 1.55. The molecule has 1 unspecified atom stereocenters. The van der Waals surface area contributed by atoms with Crippen LogP contribution in [0.15, 0.2) is 24.3 Å². The Balaban J connectivity index is 2.76. The second-order valence-corrected chi connectivity index (χ2v) is 5.20. The van der Waals surface area contributed by atoms with Crippen LogP contribution >= 0.6 is 34.8 Å². The Bertz CT molecular complexity index is 375. The van der Waals surface area contributed by atoms with Crippen molar-refractivity contribution in [2.24, 2.45) is 0 Å². The molecule has 0 aromatic heterocycles.